The molecule has 0 aliphatic rings. The molecule has 0 aliphatic carbocycles. The minimum Gasteiger partial charge on any atom is -0.393 e. The first-order valence-corrected chi connectivity index (χ1v) is 7.39. The highest BCUT2D eigenvalue weighted by atomic mass is 35.5. The molecule has 0 aliphatic heterocycles. The van der Waals surface area contributed by atoms with Gasteiger partial charge in [-0.05, 0) is 24.3 Å². The van der Waals surface area contributed by atoms with Gasteiger partial charge < -0.3 is 16.4 Å². The minimum atomic E-state index is 0.354. The maximum Gasteiger partial charge on any atom is 0.159 e. The largest absolute Gasteiger partial charge is 0.393 e. The van der Waals surface area contributed by atoms with Crippen molar-refractivity contribution in [1.82, 2.24) is 15.0 Å². The molecule has 1 aromatic carbocycles. The second kappa shape index (κ2) is 6.68. The number of halogens is 2. The summed E-state index contributed by atoms with van der Waals surface area (Å²) < 4.78 is 0. The standard InChI is InChI=1S/C15H12Cl2N6/c16-10-4-1-5-11(12(10)17)23-15-13(18)14(20-8-21-15)22-9-3-2-6-19-7-9/h1-8H,18H2,(H2,20,21,22,23). The molecule has 0 amide bonds. The SMILES string of the molecule is Nc1c(Nc2cccnc2)ncnc1Nc1cccc(Cl)c1Cl. The van der Waals surface area contributed by atoms with Crippen LogP contribution in [0.2, 0.25) is 10.0 Å². The van der Waals surface area contributed by atoms with Crippen LogP contribution in [-0.4, -0.2) is 15.0 Å². The van der Waals surface area contributed by atoms with Crippen LogP contribution in [0.15, 0.2) is 49.1 Å². The molecule has 0 atom stereocenters. The highest BCUT2D eigenvalue weighted by Gasteiger charge is 2.11. The van der Waals surface area contributed by atoms with Crippen LogP contribution in [0, 0.1) is 0 Å². The Labute approximate surface area is 142 Å². The highest BCUT2D eigenvalue weighted by molar-refractivity contribution is 6.43. The van der Waals surface area contributed by atoms with Crippen molar-refractivity contribution in [2.24, 2.45) is 0 Å². The Balaban J connectivity index is 1.89. The summed E-state index contributed by atoms with van der Waals surface area (Å²) in [5.74, 6) is 0.893. The van der Waals surface area contributed by atoms with Gasteiger partial charge in [0.15, 0.2) is 11.6 Å². The quantitative estimate of drug-likeness (QED) is 0.654. The van der Waals surface area contributed by atoms with Crippen LogP contribution in [0.4, 0.5) is 28.7 Å². The van der Waals surface area contributed by atoms with E-state index in [1.165, 1.54) is 6.33 Å². The van der Waals surface area contributed by atoms with Gasteiger partial charge in [-0.15, -0.1) is 0 Å². The zero-order chi connectivity index (χ0) is 16.2. The number of nitrogens with two attached hydrogens (primary N) is 1. The fourth-order valence-corrected chi connectivity index (χ4v) is 2.24. The highest BCUT2D eigenvalue weighted by Crippen LogP contribution is 2.34. The van der Waals surface area contributed by atoms with E-state index in [0.717, 1.165) is 5.69 Å². The first-order valence-electron chi connectivity index (χ1n) is 6.63. The van der Waals surface area contributed by atoms with E-state index < -0.39 is 0 Å². The summed E-state index contributed by atoms with van der Waals surface area (Å²) in [6.45, 7) is 0. The molecule has 6 nitrogen and oxygen atoms in total. The monoisotopic (exact) mass is 346 g/mol. The lowest BCUT2D eigenvalue weighted by Gasteiger charge is -2.13. The van der Waals surface area contributed by atoms with Gasteiger partial charge in [0.2, 0.25) is 0 Å². The van der Waals surface area contributed by atoms with Crippen molar-refractivity contribution >= 4 is 51.9 Å². The van der Waals surface area contributed by atoms with Crippen LogP contribution in [0.25, 0.3) is 0 Å². The van der Waals surface area contributed by atoms with Crippen LogP contribution in [-0.2, 0) is 0 Å². The van der Waals surface area contributed by atoms with Gasteiger partial charge in [0.05, 0.1) is 27.6 Å². The number of nitrogens with zero attached hydrogens (tertiary/aromatic N) is 3. The number of rotatable bonds is 4. The van der Waals surface area contributed by atoms with Crippen LogP contribution < -0.4 is 16.4 Å². The molecule has 0 radical (unpaired) electrons. The minimum absolute atomic E-state index is 0.354. The van der Waals surface area contributed by atoms with E-state index in [1.807, 2.05) is 12.1 Å². The van der Waals surface area contributed by atoms with Crippen LogP contribution in [0.5, 0.6) is 0 Å². The summed E-state index contributed by atoms with van der Waals surface area (Å²) in [5.41, 5.74) is 7.85. The van der Waals surface area contributed by atoms with Gasteiger partial charge in [0, 0.05) is 6.20 Å². The summed E-state index contributed by atoms with van der Waals surface area (Å²) >= 11 is 12.2. The molecule has 0 saturated carbocycles. The van der Waals surface area contributed by atoms with Crippen molar-refractivity contribution in [2.45, 2.75) is 0 Å². The zero-order valence-corrected chi connectivity index (χ0v) is 13.3. The third-order valence-electron chi connectivity index (χ3n) is 3.01. The number of hydrogen-bond acceptors (Lipinski definition) is 6. The van der Waals surface area contributed by atoms with Crippen molar-refractivity contribution in [2.75, 3.05) is 16.4 Å². The number of hydrogen-bond donors (Lipinski definition) is 3. The number of pyridine rings is 1. The number of nitrogen functional groups attached to an aromatic ring is 1. The molecule has 8 heteroatoms. The van der Waals surface area contributed by atoms with Crippen molar-refractivity contribution < 1.29 is 0 Å². The molecule has 3 aromatic rings. The molecule has 0 saturated heterocycles. The molecule has 23 heavy (non-hydrogen) atoms. The van der Waals surface area contributed by atoms with Crippen LogP contribution in [0.3, 0.4) is 0 Å². The van der Waals surface area contributed by atoms with Gasteiger partial charge in [0.1, 0.15) is 12.0 Å². The molecule has 2 heterocycles. The Kier molecular flexibility index (Phi) is 4.45. The molecular formula is C15H12Cl2N6. The van der Waals surface area contributed by atoms with E-state index in [2.05, 4.69) is 25.6 Å². The van der Waals surface area contributed by atoms with Gasteiger partial charge in [0.25, 0.3) is 0 Å². The van der Waals surface area contributed by atoms with Gasteiger partial charge in [-0.3, -0.25) is 4.98 Å². The second-order valence-electron chi connectivity index (χ2n) is 4.58. The number of benzene rings is 1. The average Bonchev–Trinajstić information content (AvgIpc) is 2.56. The van der Waals surface area contributed by atoms with Crippen molar-refractivity contribution in [3.63, 3.8) is 0 Å². The third-order valence-corrected chi connectivity index (χ3v) is 3.83. The van der Waals surface area contributed by atoms with Gasteiger partial charge in [-0.25, -0.2) is 9.97 Å². The van der Waals surface area contributed by atoms with Crippen molar-refractivity contribution in [3.8, 4) is 0 Å². The maximum atomic E-state index is 6.16. The molecule has 4 N–H and O–H groups in total. The lowest BCUT2D eigenvalue weighted by Crippen LogP contribution is -2.05. The van der Waals surface area contributed by atoms with E-state index in [1.54, 1.807) is 30.6 Å². The molecular weight excluding hydrogens is 335 g/mol. The molecule has 116 valence electrons. The number of anilines is 5. The summed E-state index contributed by atoms with van der Waals surface area (Å²) in [4.78, 5) is 12.3. The van der Waals surface area contributed by atoms with Crippen LogP contribution in [0.1, 0.15) is 0 Å². The lowest BCUT2D eigenvalue weighted by atomic mass is 10.3. The lowest BCUT2D eigenvalue weighted by molar-refractivity contribution is 1.17. The Morgan fingerprint density at radius 1 is 0.957 bits per heavy atom. The summed E-state index contributed by atoms with van der Waals surface area (Å²) in [5, 5.41) is 6.99. The predicted molar refractivity (Wildman–Crippen MR) is 93.7 cm³/mol. The molecule has 3 rings (SSSR count). The Hall–Kier alpha value is -2.57. The normalized spacial score (nSPS) is 10.3. The Morgan fingerprint density at radius 3 is 2.48 bits per heavy atom. The van der Waals surface area contributed by atoms with Crippen molar-refractivity contribution in [1.29, 1.82) is 0 Å². The topological polar surface area (TPSA) is 88.8 Å². The molecule has 0 bridgehead atoms. The molecule has 2 aromatic heterocycles. The predicted octanol–water partition coefficient (Wildman–Crippen LogP) is 4.25. The van der Waals surface area contributed by atoms with Gasteiger partial charge >= 0.3 is 0 Å². The molecule has 0 fully saturated rings. The maximum absolute atomic E-state index is 6.16. The average molecular weight is 347 g/mol. The van der Waals surface area contributed by atoms with Crippen molar-refractivity contribution in [3.05, 3.63) is 59.1 Å². The fraction of sp³-hybridized carbons (Fsp3) is 0. The Morgan fingerprint density at radius 2 is 1.74 bits per heavy atom. The van der Waals surface area contributed by atoms with E-state index in [-0.39, 0.29) is 0 Å². The summed E-state index contributed by atoms with van der Waals surface area (Å²) in [7, 11) is 0. The van der Waals surface area contributed by atoms with E-state index in [9.17, 15) is 0 Å². The zero-order valence-electron chi connectivity index (χ0n) is 11.8. The van der Waals surface area contributed by atoms with Crippen LogP contribution >= 0.6 is 23.2 Å². The van der Waals surface area contributed by atoms with E-state index in [0.29, 0.717) is 33.1 Å². The third kappa shape index (κ3) is 3.44. The molecule has 0 spiro atoms. The second-order valence-corrected chi connectivity index (χ2v) is 5.36. The first kappa shape index (κ1) is 15.3. The van der Waals surface area contributed by atoms with E-state index >= 15 is 0 Å². The Bertz CT molecular complexity index is 825. The molecule has 0 unspecified atom stereocenters. The smallest absolute Gasteiger partial charge is 0.159 e. The fourth-order valence-electron chi connectivity index (χ4n) is 1.90. The summed E-state index contributed by atoms with van der Waals surface area (Å²) in [6, 6.07) is 8.93. The number of nitrogens with one attached hydrogen (secondary N) is 2. The van der Waals surface area contributed by atoms with Gasteiger partial charge in [-0.2, -0.15) is 0 Å². The first-order chi connectivity index (χ1) is 11.1. The number of aromatic nitrogens is 3. The summed E-state index contributed by atoms with van der Waals surface area (Å²) in [6.07, 6.45) is 4.75. The van der Waals surface area contributed by atoms with E-state index in [4.69, 9.17) is 28.9 Å². The van der Waals surface area contributed by atoms with Gasteiger partial charge in [-0.1, -0.05) is 29.3 Å².